The van der Waals surface area contributed by atoms with Crippen LogP contribution in [0.15, 0.2) is 28.8 Å². The van der Waals surface area contributed by atoms with Crippen LogP contribution in [0.3, 0.4) is 0 Å². The molecule has 5 nitrogen and oxygen atoms in total. The second-order valence-electron chi connectivity index (χ2n) is 7.01. The average Bonchev–Trinajstić information content (AvgIpc) is 3.19. The molecule has 0 saturated carbocycles. The Morgan fingerprint density at radius 3 is 2.96 bits per heavy atom. The van der Waals surface area contributed by atoms with E-state index in [-0.39, 0.29) is 5.91 Å². The molecular formula is C19H21Cl2N3O2. The monoisotopic (exact) mass is 393 g/mol. The van der Waals surface area contributed by atoms with Gasteiger partial charge in [-0.3, -0.25) is 4.79 Å². The largest absolute Gasteiger partial charge is 0.441 e. The topological polar surface area (TPSA) is 58.4 Å². The van der Waals surface area contributed by atoms with Crippen molar-refractivity contribution in [1.82, 2.24) is 15.2 Å². The van der Waals surface area contributed by atoms with Gasteiger partial charge in [0.25, 0.3) is 0 Å². The standard InChI is InChI=1S/C19H21Cl2N3O2/c20-12-1-4-15(16(21)9-12)17-10-22-18(26-17)5-6-19(25)24-8-7-13-2-3-14(11-24)23-13/h1,4,9-10,13-14,23H,2-3,5-8,11H2. The summed E-state index contributed by atoms with van der Waals surface area (Å²) >= 11 is 12.1. The number of carbonyl (C=O) groups excluding carboxylic acids is 1. The summed E-state index contributed by atoms with van der Waals surface area (Å²) in [6.07, 6.45) is 5.98. The number of oxazole rings is 1. The van der Waals surface area contributed by atoms with E-state index in [4.69, 9.17) is 27.6 Å². The number of aromatic nitrogens is 1. The van der Waals surface area contributed by atoms with Gasteiger partial charge in [-0.1, -0.05) is 23.2 Å². The Morgan fingerprint density at radius 1 is 1.27 bits per heavy atom. The van der Waals surface area contributed by atoms with Crippen LogP contribution in [-0.4, -0.2) is 41.0 Å². The van der Waals surface area contributed by atoms with Crippen molar-refractivity contribution in [3.63, 3.8) is 0 Å². The number of nitrogens with zero attached hydrogens (tertiary/aromatic N) is 2. The van der Waals surface area contributed by atoms with Crippen molar-refractivity contribution < 1.29 is 9.21 Å². The normalized spacial score (nSPS) is 22.5. The second-order valence-corrected chi connectivity index (χ2v) is 7.85. The number of aryl methyl sites for hydroxylation is 1. The zero-order chi connectivity index (χ0) is 18.1. The Balaban J connectivity index is 1.36. The molecule has 1 N–H and O–H groups in total. The lowest BCUT2D eigenvalue weighted by Crippen LogP contribution is -2.39. The Labute approximate surface area is 162 Å². The minimum Gasteiger partial charge on any atom is -0.441 e. The van der Waals surface area contributed by atoms with Gasteiger partial charge < -0.3 is 14.6 Å². The molecule has 0 radical (unpaired) electrons. The maximum absolute atomic E-state index is 12.6. The molecule has 2 aliphatic rings. The molecule has 1 amide bonds. The van der Waals surface area contributed by atoms with Crippen LogP contribution in [0.25, 0.3) is 11.3 Å². The molecule has 7 heteroatoms. The average molecular weight is 394 g/mol. The third kappa shape index (κ3) is 3.90. The maximum Gasteiger partial charge on any atom is 0.223 e. The highest BCUT2D eigenvalue weighted by Gasteiger charge is 2.30. The lowest BCUT2D eigenvalue weighted by molar-refractivity contribution is -0.131. The van der Waals surface area contributed by atoms with Gasteiger partial charge >= 0.3 is 0 Å². The molecule has 2 aliphatic heterocycles. The van der Waals surface area contributed by atoms with E-state index < -0.39 is 0 Å². The van der Waals surface area contributed by atoms with E-state index in [1.54, 1.807) is 24.4 Å². The summed E-state index contributed by atoms with van der Waals surface area (Å²) in [7, 11) is 0. The fourth-order valence-electron chi connectivity index (χ4n) is 3.78. The number of hydrogen-bond acceptors (Lipinski definition) is 4. The van der Waals surface area contributed by atoms with E-state index in [1.165, 1.54) is 12.8 Å². The van der Waals surface area contributed by atoms with Crippen LogP contribution >= 0.6 is 23.2 Å². The van der Waals surface area contributed by atoms with Gasteiger partial charge in [-0.25, -0.2) is 4.98 Å². The summed E-state index contributed by atoms with van der Waals surface area (Å²) in [5.41, 5.74) is 0.746. The van der Waals surface area contributed by atoms with E-state index in [0.717, 1.165) is 25.1 Å². The molecule has 2 unspecified atom stereocenters. The highest BCUT2D eigenvalue weighted by Crippen LogP contribution is 2.31. The van der Waals surface area contributed by atoms with Crippen molar-refractivity contribution >= 4 is 29.1 Å². The first kappa shape index (κ1) is 17.8. The number of amides is 1. The smallest absolute Gasteiger partial charge is 0.223 e. The van der Waals surface area contributed by atoms with Crippen LogP contribution in [-0.2, 0) is 11.2 Å². The molecule has 2 bridgehead atoms. The summed E-state index contributed by atoms with van der Waals surface area (Å²) < 4.78 is 5.78. The number of halogens is 2. The predicted molar refractivity (Wildman–Crippen MR) is 101 cm³/mol. The molecule has 138 valence electrons. The number of carbonyl (C=O) groups is 1. The summed E-state index contributed by atoms with van der Waals surface area (Å²) in [5.74, 6) is 1.31. The van der Waals surface area contributed by atoms with Gasteiger partial charge in [0.15, 0.2) is 11.7 Å². The van der Waals surface area contributed by atoms with Crippen molar-refractivity contribution in [3.8, 4) is 11.3 Å². The Morgan fingerprint density at radius 2 is 2.12 bits per heavy atom. The first-order chi connectivity index (χ1) is 12.6. The third-order valence-electron chi connectivity index (χ3n) is 5.18. The van der Waals surface area contributed by atoms with E-state index in [2.05, 4.69) is 10.3 Å². The van der Waals surface area contributed by atoms with Crippen LogP contribution < -0.4 is 5.32 Å². The van der Waals surface area contributed by atoms with Gasteiger partial charge in [-0.15, -0.1) is 0 Å². The third-order valence-corrected chi connectivity index (χ3v) is 5.73. The maximum atomic E-state index is 12.6. The summed E-state index contributed by atoms with van der Waals surface area (Å²) in [6, 6.07) is 6.27. The Kier molecular flexibility index (Phi) is 5.20. The van der Waals surface area contributed by atoms with Crippen molar-refractivity contribution in [1.29, 1.82) is 0 Å². The number of likely N-dealkylation sites (tertiary alicyclic amines) is 1. The molecule has 1 aromatic heterocycles. The number of benzene rings is 1. The van der Waals surface area contributed by atoms with E-state index in [1.807, 2.05) is 4.90 Å². The zero-order valence-electron chi connectivity index (χ0n) is 14.4. The predicted octanol–water partition coefficient (Wildman–Crippen LogP) is 3.93. The second kappa shape index (κ2) is 7.59. The molecule has 4 rings (SSSR count). The van der Waals surface area contributed by atoms with Gasteiger partial charge in [0.2, 0.25) is 5.91 Å². The molecule has 0 aliphatic carbocycles. The van der Waals surface area contributed by atoms with Crippen molar-refractivity contribution in [3.05, 3.63) is 40.3 Å². The number of rotatable bonds is 4. The van der Waals surface area contributed by atoms with Gasteiger partial charge in [0.05, 0.1) is 11.2 Å². The lowest BCUT2D eigenvalue weighted by atomic mass is 10.1. The molecule has 3 heterocycles. The van der Waals surface area contributed by atoms with Crippen LogP contribution in [0.2, 0.25) is 10.0 Å². The highest BCUT2D eigenvalue weighted by molar-refractivity contribution is 6.36. The van der Waals surface area contributed by atoms with Crippen LogP contribution in [0, 0.1) is 0 Å². The molecule has 2 aromatic rings. The first-order valence-electron chi connectivity index (χ1n) is 9.02. The van der Waals surface area contributed by atoms with Crippen molar-refractivity contribution in [2.24, 2.45) is 0 Å². The molecule has 2 fully saturated rings. The molecule has 1 aromatic carbocycles. The van der Waals surface area contributed by atoms with E-state index in [0.29, 0.717) is 46.6 Å². The number of hydrogen-bond donors (Lipinski definition) is 1. The zero-order valence-corrected chi connectivity index (χ0v) is 15.9. The van der Waals surface area contributed by atoms with Gasteiger partial charge in [0.1, 0.15) is 0 Å². The lowest BCUT2D eigenvalue weighted by Gasteiger charge is -2.24. The first-order valence-corrected chi connectivity index (χ1v) is 9.78. The summed E-state index contributed by atoms with van der Waals surface area (Å²) in [4.78, 5) is 18.8. The van der Waals surface area contributed by atoms with E-state index >= 15 is 0 Å². The molecule has 0 spiro atoms. The highest BCUT2D eigenvalue weighted by atomic mass is 35.5. The van der Waals surface area contributed by atoms with Crippen LogP contribution in [0.4, 0.5) is 0 Å². The van der Waals surface area contributed by atoms with Gasteiger partial charge in [-0.05, 0) is 37.5 Å². The molecular weight excluding hydrogens is 373 g/mol. The Bertz CT molecular complexity index is 808. The Hall–Kier alpha value is -1.56. The quantitative estimate of drug-likeness (QED) is 0.854. The SMILES string of the molecule is O=C(CCc1ncc(-c2ccc(Cl)cc2Cl)o1)N1CCC2CCC(C1)N2. The van der Waals surface area contributed by atoms with Crippen LogP contribution in [0.1, 0.15) is 31.6 Å². The molecule has 2 atom stereocenters. The minimum atomic E-state index is 0.170. The summed E-state index contributed by atoms with van der Waals surface area (Å²) in [5, 5.41) is 4.69. The van der Waals surface area contributed by atoms with Gasteiger partial charge in [0, 0.05) is 48.6 Å². The fourth-order valence-corrected chi connectivity index (χ4v) is 4.28. The van der Waals surface area contributed by atoms with Crippen molar-refractivity contribution in [2.75, 3.05) is 13.1 Å². The minimum absolute atomic E-state index is 0.170. The number of nitrogens with one attached hydrogen (secondary N) is 1. The van der Waals surface area contributed by atoms with Crippen molar-refractivity contribution in [2.45, 2.75) is 44.2 Å². The summed E-state index contributed by atoms with van der Waals surface area (Å²) in [6.45, 7) is 1.65. The number of fused-ring (bicyclic) bond motifs is 2. The van der Waals surface area contributed by atoms with Crippen LogP contribution in [0.5, 0.6) is 0 Å². The molecule has 2 saturated heterocycles. The van der Waals surface area contributed by atoms with E-state index in [9.17, 15) is 4.79 Å². The van der Waals surface area contributed by atoms with Gasteiger partial charge in [-0.2, -0.15) is 0 Å². The molecule has 26 heavy (non-hydrogen) atoms. The fraction of sp³-hybridized carbons (Fsp3) is 0.474.